The molecular weight excluding hydrogens is 378 g/mol. The van der Waals surface area contributed by atoms with Gasteiger partial charge in [0.1, 0.15) is 6.54 Å². The smallest absolute Gasteiger partial charge is 0.336 e. The zero-order valence-electron chi connectivity index (χ0n) is 16.2. The van der Waals surface area contributed by atoms with E-state index in [0.717, 1.165) is 15.7 Å². The first kappa shape index (κ1) is 19.9. The predicted molar refractivity (Wildman–Crippen MR) is 112 cm³/mol. The average Bonchev–Trinajstić information content (AvgIpc) is 2.61. The van der Waals surface area contributed by atoms with Crippen LogP contribution in [0.3, 0.4) is 0 Å². The van der Waals surface area contributed by atoms with Gasteiger partial charge in [0.05, 0.1) is 16.6 Å². The summed E-state index contributed by atoms with van der Waals surface area (Å²) >= 11 is 6.09. The summed E-state index contributed by atoms with van der Waals surface area (Å²) in [6.45, 7) is 7.34. The summed E-state index contributed by atoms with van der Waals surface area (Å²) in [6, 6.07) is 10.0. The Labute approximate surface area is 167 Å². The molecule has 0 spiro atoms. The zero-order chi connectivity index (χ0) is 20.6. The van der Waals surface area contributed by atoms with Crippen LogP contribution in [0.1, 0.15) is 25.0 Å². The van der Waals surface area contributed by atoms with Gasteiger partial charge >= 0.3 is 5.69 Å². The molecule has 28 heavy (non-hydrogen) atoms. The predicted octanol–water partition coefficient (Wildman–Crippen LogP) is 2.95. The van der Waals surface area contributed by atoms with Crippen LogP contribution in [0.4, 0.5) is 0 Å². The van der Waals surface area contributed by atoms with Gasteiger partial charge in [-0.25, -0.2) is 9.36 Å². The Hall–Kier alpha value is -2.86. The first-order valence-electron chi connectivity index (χ1n) is 9.01. The van der Waals surface area contributed by atoms with Gasteiger partial charge < -0.3 is 5.32 Å². The second kappa shape index (κ2) is 7.64. The van der Waals surface area contributed by atoms with E-state index >= 15 is 0 Å². The summed E-state index contributed by atoms with van der Waals surface area (Å²) in [5, 5.41) is 3.47. The first-order chi connectivity index (χ1) is 13.2. The summed E-state index contributed by atoms with van der Waals surface area (Å²) < 4.78 is 2.39. The third-order valence-corrected chi connectivity index (χ3v) is 4.84. The van der Waals surface area contributed by atoms with Crippen molar-refractivity contribution in [3.63, 3.8) is 0 Å². The molecule has 1 N–H and O–H groups in total. The number of aryl methyl sites for hydroxylation is 2. The van der Waals surface area contributed by atoms with Gasteiger partial charge in [-0.15, -0.1) is 0 Å². The minimum atomic E-state index is -0.582. The second-order valence-corrected chi connectivity index (χ2v) is 7.60. The lowest BCUT2D eigenvalue weighted by Crippen LogP contribution is -2.42. The molecule has 1 amide bonds. The number of aromatic nitrogens is 2. The van der Waals surface area contributed by atoms with E-state index in [1.54, 1.807) is 24.3 Å². The molecule has 2 aromatic carbocycles. The van der Waals surface area contributed by atoms with Gasteiger partial charge in [0.15, 0.2) is 0 Å². The van der Waals surface area contributed by atoms with Crippen molar-refractivity contribution in [1.82, 2.24) is 14.5 Å². The number of hydrogen-bond donors (Lipinski definition) is 1. The molecule has 3 rings (SSSR count). The van der Waals surface area contributed by atoms with Crippen LogP contribution in [0.5, 0.6) is 0 Å². The fourth-order valence-electron chi connectivity index (χ4n) is 3.10. The fourth-order valence-corrected chi connectivity index (χ4v) is 3.26. The monoisotopic (exact) mass is 399 g/mol. The van der Waals surface area contributed by atoms with Crippen LogP contribution in [-0.4, -0.2) is 21.1 Å². The van der Waals surface area contributed by atoms with Crippen molar-refractivity contribution in [3.8, 4) is 5.69 Å². The SMILES string of the molecule is Cc1ccc(-n2c(=O)c3ccc(Cl)cc3n(CC(=O)NC(C)C)c2=O)cc1C. The van der Waals surface area contributed by atoms with Crippen LogP contribution in [-0.2, 0) is 11.3 Å². The summed E-state index contributed by atoms with van der Waals surface area (Å²) in [4.78, 5) is 38.7. The van der Waals surface area contributed by atoms with Crippen molar-refractivity contribution in [2.24, 2.45) is 0 Å². The lowest BCUT2D eigenvalue weighted by molar-refractivity contribution is -0.122. The molecule has 0 radical (unpaired) electrons. The minimum absolute atomic E-state index is 0.0660. The third kappa shape index (κ3) is 3.73. The Morgan fingerprint density at radius 2 is 1.79 bits per heavy atom. The third-order valence-electron chi connectivity index (χ3n) is 4.61. The Morgan fingerprint density at radius 1 is 1.07 bits per heavy atom. The molecule has 0 atom stereocenters. The number of rotatable bonds is 4. The molecule has 1 heterocycles. The van der Waals surface area contributed by atoms with E-state index in [4.69, 9.17) is 11.6 Å². The topological polar surface area (TPSA) is 73.1 Å². The lowest BCUT2D eigenvalue weighted by Gasteiger charge is -2.16. The highest BCUT2D eigenvalue weighted by Gasteiger charge is 2.17. The van der Waals surface area contributed by atoms with E-state index in [2.05, 4.69) is 5.32 Å². The molecule has 0 saturated heterocycles. The lowest BCUT2D eigenvalue weighted by atomic mass is 10.1. The molecule has 3 aromatic rings. The van der Waals surface area contributed by atoms with E-state index in [9.17, 15) is 14.4 Å². The van der Waals surface area contributed by atoms with Crippen molar-refractivity contribution < 1.29 is 4.79 Å². The quantitative estimate of drug-likeness (QED) is 0.733. The standard InChI is InChI=1S/C21H22ClN3O3/c1-12(2)23-19(26)11-24-18-10-15(22)6-8-17(18)20(27)25(21(24)28)16-7-5-13(3)14(4)9-16/h5-10,12H,11H2,1-4H3,(H,23,26). The summed E-state index contributed by atoms with van der Waals surface area (Å²) in [5.41, 5.74) is 1.79. The van der Waals surface area contributed by atoms with Crippen molar-refractivity contribution in [1.29, 1.82) is 0 Å². The number of nitrogens with zero attached hydrogens (tertiary/aromatic N) is 2. The molecule has 0 fully saturated rings. The number of fused-ring (bicyclic) bond motifs is 1. The van der Waals surface area contributed by atoms with Gasteiger partial charge in [0.2, 0.25) is 5.91 Å². The number of carbonyl (C=O) groups excluding carboxylic acids is 1. The second-order valence-electron chi connectivity index (χ2n) is 7.16. The fraction of sp³-hybridized carbons (Fsp3) is 0.286. The molecule has 0 aliphatic rings. The first-order valence-corrected chi connectivity index (χ1v) is 9.39. The van der Waals surface area contributed by atoms with Gasteiger partial charge in [-0.1, -0.05) is 17.7 Å². The number of benzene rings is 2. The maximum absolute atomic E-state index is 13.2. The number of nitrogens with one attached hydrogen (secondary N) is 1. The molecule has 146 valence electrons. The Kier molecular flexibility index (Phi) is 5.42. The summed E-state index contributed by atoms with van der Waals surface area (Å²) in [6.07, 6.45) is 0. The molecule has 7 heteroatoms. The van der Waals surface area contributed by atoms with E-state index in [-0.39, 0.29) is 18.5 Å². The largest absolute Gasteiger partial charge is 0.352 e. The highest BCUT2D eigenvalue weighted by Crippen LogP contribution is 2.17. The van der Waals surface area contributed by atoms with Crippen LogP contribution in [0.25, 0.3) is 16.6 Å². The Morgan fingerprint density at radius 3 is 2.43 bits per heavy atom. The van der Waals surface area contributed by atoms with Gasteiger partial charge in [-0.2, -0.15) is 0 Å². The van der Waals surface area contributed by atoms with E-state index < -0.39 is 11.2 Å². The van der Waals surface area contributed by atoms with Crippen molar-refractivity contribution >= 4 is 28.4 Å². The molecule has 1 aromatic heterocycles. The van der Waals surface area contributed by atoms with Crippen LogP contribution >= 0.6 is 11.6 Å². The highest BCUT2D eigenvalue weighted by atomic mass is 35.5. The Bertz CT molecular complexity index is 1190. The molecule has 0 aliphatic heterocycles. The van der Waals surface area contributed by atoms with Crippen LogP contribution < -0.4 is 16.6 Å². The van der Waals surface area contributed by atoms with E-state index in [1.165, 1.54) is 10.6 Å². The van der Waals surface area contributed by atoms with Gasteiger partial charge in [0, 0.05) is 11.1 Å². The van der Waals surface area contributed by atoms with Gasteiger partial charge in [0.25, 0.3) is 5.56 Å². The number of amides is 1. The maximum Gasteiger partial charge on any atom is 0.336 e. The highest BCUT2D eigenvalue weighted by molar-refractivity contribution is 6.31. The van der Waals surface area contributed by atoms with E-state index in [0.29, 0.717) is 21.6 Å². The molecule has 0 unspecified atom stereocenters. The van der Waals surface area contributed by atoms with Crippen LogP contribution in [0, 0.1) is 13.8 Å². The normalized spacial score (nSPS) is 11.2. The Balaban J connectivity index is 2.32. The molecule has 6 nitrogen and oxygen atoms in total. The van der Waals surface area contributed by atoms with Gasteiger partial charge in [-0.3, -0.25) is 14.2 Å². The molecular formula is C21H22ClN3O3. The number of hydrogen-bond acceptors (Lipinski definition) is 3. The van der Waals surface area contributed by atoms with Crippen molar-refractivity contribution in [2.45, 2.75) is 40.3 Å². The maximum atomic E-state index is 13.2. The van der Waals surface area contributed by atoms with Crippen LogP contribution in [0.15, 0.2) is 46.0 Å². The molecule has 0 aliphatic carbocycles. The van der Waals surface area contributed by atoms with Gasteiger partial charge in [-0.05, 0) is 69.2 Å². The number of carbonyl (C=O) groups is 1. The number of halogens is 1. The minimum Gasteiger partial charge on any atom is -0.352 e. The van der Waals surface area contributed by atoms with Crippen molar-refractivity contribution in [3.05, 3.63) is 73.4 Å². The molecule has 0 bridgehead atoms. The average molecular weight is 400 g/mol. The van der Waals surface area contributed by atoms with Crippen LogP contribution in [0.2, 0.25) is 5.02 Å². The summed E-state index contributed by atoms with van der Waals surface area (Å²) in [5.74, 6) is -0.316. The zero-order valence-corrected chi connectivity index (χ0v) is 17.0. The molecule has 0 saturated carbocycles. The van der Waals surface area contributed by atoms with E-state index in [1.807, 2.05) is 33.8 Å². The summed E-state index contributed by atoms with van der Waals surface area (Å²) in [7, 11) is 0. The van der Waals surface area contributed by atoms with Crippen molar-refractivity contribution in [2.75, 3.05) is 0 Å².